The Morgan fingerprint density at radius 2 is 0.648 bits per heavy atom. The first kappa shape index (κ1) is 102. The van der Waals surface area contributed by atoms with E-state index in [0.717, 1.165) is 79.0 Å². The van der Waals surface area contributed by atoms with Crippen LogP contribution in [-0.4, -0.2) is 127 Å². The molecule has 28 nitrogen and oxygen atoms in total. The standard InChI is InChI=1S/C24H29N3O5S.C24H29N3O4.C24H27N3O4.C23H29N3O3S/c1-15-16(2)26-27(6)21(15)22(31-14-32-23(29)33-13-20(28)30-7)19(12-25)17-8-10-18(11-9-17)24(3,4)5;2*1-8-13-29-23(28)31-15-30-22(21-16(2)17(3)26-27(21)7)20(14-25)18-9-11-19(12-10-18)24(4,5)6;1-8-30-22(27)29-14-28-21(20-15(2)16(3)25-26(20)7)19(13-24)17-9-11-18(12-10-17)23(4,5)6/h8-11H,13-14H2,1-7H3;8-12H,1,13,15H2,2-7H3;1,9-12H,13,15H2,2-7H3;9-12H,8,14H2,1-7H3/b22-19-;2*22-20-;21-19-. The largest absolute Gasteiger partial charge is 0.512 e. The van der Waals surface area contributed by atoms with Gasteiger partial charge in [0, 0.05) is 56.2 Å². The van der Waals surface area contributed by atoms with Crippen LogP contribution in [0.4, 0.5) is 19.2 Å². The number of benzene rings is 4. The van der Waals surface area contributed by atoms with Crippen molar-refractivity contribution in [2.45, 2.75) is 167 Å². The van der Waals surface area contributed by atoms with Gasteiger partial charge in [0.1, 0.15) is 81.7 Å². The Bertz CT molecular complexity index is 5500. The number of hydrogen-bond donors (Lipinski definition) is 0. The van der Waals surface area contributed by atoms with Crippen molar-refractivity contribution in [1.82, 2.24) is 39.1 Å². The van der Waals surface area contributed by atoms with E-state index in [4.69, 9.17) is 49.1 Å². The number of aryl methyl sites for hydroxylation is 8. The van der Waals surface area contributed by atoms with Gasteiger partial charge < -0.3 is 52.1 Å². The monoisotopic (exact) mass is 1740 g/mol. The van der Waals surface area contributed by atoms with E-state index in [-0.39, 0.29) is 64.7 Å². The number of thioether (sulfide) groups is 2. The normalized spacial score (nSPS) is 11.9. The first-order valence-electron chi connectivity index (χ1n) is 39.6. The number of nitrogens with zero attached hydrogens (tertiary/aromatic N) is 12. The summed E-state index contributed by atoms with van der Waals surface area (Å²) in [6.45, 7) is 44.2. The van der Waals surface area contributed by atoms with E-state index in [1.165, 1.54) is 18.7 Å². The zero-order chi connectivity index (χ0) is 93.6. The molecule has 0 unspecified atom stereocenters. The van der Waals surface area contributed by atoms with Gasteiger partial charge in [-0.3, -0.25) is 23.5 Å². The quantitative estimate of drug-likeness (QED) is 0.00924. The highest BCUT2D eigenvalue weighted by molar-refractivity contribution is 8.13. The summed E-state index contributed by atoms with van der Waals surface area (Å²) in [6, 6.07) is 40.0. The highest BCUT2D eigenvalue weighted by Crippen LogP contribution is 2.38. The minimum absolute atomic E-state index is 0.00919. The number of aromatic nitrogens is 8. The van der Waals surface area contributed by atoms with Gasteiger partial charge in [-0.1, -0.05) is 206 Å². The molecule has 0 aliphatic heterocycles. The van der Waals surface area contributed by atoms with E-state index < -0.39 is 49.3 Å². The number of esters is 1. The predicted molar refractivity (Wildman–Crippen MR) is 484 cm³/mol. The Hall–Kier alpha value is -13.2. The van der Waals surface area contributed by atoms with Crippen molar-refractivity contribution in [3.63, 3.8) is 0 Å². The van der Waals surface area contributed by atoms with Crippen LogP contribution in [0.15, 0.2) is 110 Å². The fourth-order valence-electron chi connectivity index (χ4n) is 12.1. The van der Waals surface area contributed by atoms with Crippen molar-refractivity contribution in [3.8, 4) is 36.6 Å². The van der Waals surface area contributed by atoms with Crippen LogP contribution in [0, 0.1) is 113 Å². The van der Waals surface area contributed by atoms with Crippen LogP contribution < -0.4 is 0 Å². The van der Waals surface area contributed by atoms with Gasteiger partial charge in [0.25, 0.3) is 0 Å². The zero-order valence-electron chi connectivity index (χ0n) is 76.5. The summed E-state index contributed by atoms with van der Waals surface area (Å²) in [6.07, 6.45) is 4.65. The summed E-state index contributed by atoms with van der Waals surface area (Å²) in [5.41, 5.74) is 17.9. The van der Waals surface area contributed by atoms with Crippen molar-refractivity contribution in [3.05, 3.63) is 222 Å². The van der Waals surface area contributed by atoms with Crippen LogP contribution in [0.5, 0.6) is 0 Å². The van der Waals surface area contributed by atoms with Crippen LogP contribution in [-0.2, 0) is 107 Å². The van der Waals surface area contributed by atoms with Crippen LogP contribution in [0.3, 0.4) is 0 Å². The summed E-state index contributed by atoms with van der Waals surface area (Å²) in [7, 11) is 8.34. The molecule has 125 heavy (non-hydrogen) atoms. The SMILES string of the molecule is C#CCOC(=O)OCO/C(=C(/C#N)c1ccc(C(C)(C)C)cc1)c1c(C)c(C)nn1C.C=CCOC(=O)OCO/C(=C(/C#N)c1ccc(C(C)(C)C)cc1)c1c(C)c(C)nn1C.CCSC(=O)OCO/C(=C(/C#N)c1ccc(C(C)(C)C)cc1)c1c(C)c(C)nn1C.COC(=O)CSC(=O)OCO/C(=C(/C#N)c1ccc(C(C)(C)C)cc1)c1c(C)c(C)nn1C. The van der Waals surface area contributed by atoms with E-state index in [1.807, 2.05) is 159 Å². The molecule has 8 rings (SSSR count). The van der Waals surface area contributed by atoms with Crippen LogP contribution in [0.2, 0.25) is 0 Å². The van der Waals surface area contributed by atoms with Crippen LogP contribution in [0.25, 0.3) is 45.3 Å². The minimum atomic E-state index is -0.955. The van der Waals surface area contributed by atoms with Crippen LogP contribution >= 0.6 is 23.5 Å². The van der Waals surface area contributed by atoms with Gasteiger partial charge in [-0.2, -0.15) is 41.4 Å². The molecule has 4 aromatic carbocycles. The topological polar surface area (TPSA) is 353 Å². The molecule has 0 spiro atoms. The number of allylic oxidation sites excluding steroid dienone is 4. The van der Waals surface area contributed by atoms with Gasteiger partial charge in [0.05, 0.1) is 29.9 Å². The molecule has 30 heteroatoms. The Labute approximate surface area is 742 Å². The molecular weight excluding hydrogens is 1630 g/mol. The lowest BCUT2D eigenvalue weighted by atomic mass is 9.86. The Morgan fingerprint density at radius 3 is 0.856 bits per heavy atom. The first-order chi connectivity index (χ1) is 58.8. The van der Waals surface area contributed by atoms with Gasteiger partial charge in [-0.25, -0.2) is 19.2 Å². The average molecular weight is 1740 g/mol. The zero-order valence-corrected chi connectivity index (χ0v) is 78.1. The second kappa shape index (κ2) is 46.9. The van der Waals surface area contributed by atoms with E-state index in [0.29, 0.717) is 85.0 Å². The number of terminal acetylenes is 1. The third-order valence-electron chi connectivity index (χ3n) is 19.4. The molecule has 0 atom stereocenters. The number of hydrogen-bond acceptors (Lipinski definition) is 26. The van der Waals surface area contributed by atoms with Crippen molar-refractivity contribution in [1.29, 1.82) is 21.0 Å². The third-order valence-corrected chi connectivity index (χ3v) is 20.7. The van der Waals surface area contributed by atoms with Gasteiger partial charge >= 0.3 is 28.9 Å². The minimum Gasteiger partial charge on any atom is -0.468 e. The third kappa shape index (κ3) is 29.0. The molecule has 8 aromatic rings. The van der Waals surface area contributed by atoms with Gasteiger partial charge in [-0.05, 0) is 145 Å². The summed E-state index contributed by atoms with van der Waals surface area (Å²) in [5, 5.41) is 56.6. The maximum Gasteiger partial charge on any atom is 0.512 e. The molecule has 0 saturated heterocycles. The van der Waals surface area contributed by atoms with E-state index in [2.05, 4.69) is 150 Å². The Morgan fingerprint density at radius 1 is 0.400 bits per heavy atom. The molecule has 0 aliphatic carbocycles. The van der Waals surface area contributed by atoms with Gasteiger partial charge in [0.2, 0.25) is 27.2 Å². The highest BCUT2D eigenvalue weighted by Gasteiger charge is 2.29. The summed E-state index contributed by atoms with van der Waals surface area (Å²) in [4.78, 5) is 58.0. The number of rotatable bonds is 26. The summed E-state index contributed by atoms with van der Waals surface area (Å²) < 4.78 is 64.0. The number of methoxy groups -OCH3 is 1. The summed E-state index contributed by atoms with van der Waals surface area (Å²) in [5.74, 6) is 3.23. The average Bonchev–Trinajstić information content (AvgIpc) is 1.68. The predicted octanol–water partition coefficient (Wildman–Crippen LogP) is 19.9. The van der Waals surface area contributed by atoms with Gasteiger partial charge in [-0.15, -0.1) is 6.42 Å². The maximum absolute atomic E-state index is 11.9. The Kier molecular flexibility index (Phi) is 38.4. The smallest absolute Gasteiger partial charge is 0.468 e. The van der Waals surface area contributed by atoms with Crippen LogP contribution in [0.1, 0.15) is 202 Å². The second-order valence-electron chi connectivity index (χ2n) is 32.3. The van der Waals surface area contributed by atoms with E-state index >= 15 is 0 Å². The molecule has 0 amide bonds. The van der Waals surface area contributed by atoms with E-state index in [9.17, 15) is 45.0 Å². The lowest BCUT2D eigenvalue weighted by Crippen LogP contribution is -2.12. The maximum atomic E-state index is 11.9. The lowest BCUT2D eigenvalue weighted by molar-refractivity contribution is -0.137. The molecule has 0 fully saturated rings. The number of carbonyl (C=O) groups is 5. The molecule has 0 radical (unpaired) electrons. The number of carbonyl (C=O) groups excluding carboxylic acids is 5. The number of nitriles is 4. The fraction of sp³-hybridized carbons (Fsp3) is 0.400. The number of ether oxygens (including phenoxy) is 11. The van der Waals surface area contributed by atoms with Crippen molar-refractivity contribution in [2.75, 3.05) is 59.0 Å². The van der Waals surface area contributed by atoms with E-state index in [1.54, 1.807) is 46.9 Å². The molecule has 662 valence electrons. The molecular formula is C95H114N12O16S2. The molecule has 0 aliphatic rings. The Balaban J connectivity index is 0.000000296. The second-order valence-corrected chi connectivity index (χ2v) is 34.4. The lowest BCUT2D eigenvalue weighted by Gasteiger charge is -2.19. The van der Waals surface area contributed by atoms with Crippen molar-refractivity contribution in [2.24, 2.45) is 28.2 Å². The first-order valence-corrected chi connectivity index (χ1v) is 41.6. The fourth-order valence-corrected chi connectivity index (χ4v) is 13.0. The molecule has 0 bridgehead atoms. The van der Waals surface area contributed by atoms with Crippen molar-refractivity contribution >= 4 is 97.7 Å². The molecule has 0 saturated carbocycles. The molecule has 4 aromatic heterocycles. The highest BCUT2D eigenvalue weighted by atomic mass is 32.2. The molecule has 0 N–H and O–H groups in total. The summed E-state index contributed by atoms with van der Waals surface area (Å²) >= 11 is 1.73. The van der Waals surface area contributed by atoms with Crippen molar-refractivity contribution < 1.29 is 76.1 Å². The van der Waals surface area contributed by atoms with Gasteiger partial charge in [0.15, 0.2) is 29.6 Å². The molecule has 4 heterocycles.